The first kappa shape index (κ1) is 18.9. The third kappa shape index (κ3) is 4.83. The number of nitrogens with zero attached hydrogens (tertiary/aromatic N) is 3. The van der Waals surface area contributed by atoms with Crippen LogP contribution in [0.1, 0.15) is 24.8 Å². The Kier molecular flexibility index (Phi) is 6.27. The molecular weight excluding hydrogens is 328 g/mol. The maximum absolute atomic E-state index is 12.9. The lowest BCUT2D eigenvalue weighted by Gasteiger charge is -2.23. The Hall–Kier alpha value is -1.92. The highest BCUT2D eigenvalue weighted by Crippen LogP contribution is 2.28. The SMILES string of the molecule is CC(=O)N[C@H]1CN(C(=O)CN2CCCN(C)CC2)C[C@@H]1c1ccccc1. The zero-order valence-corrected chi connectivity index (χ0v) is 15.9. The quantitative estimate of drug-likeness (QED) is 0.863. The lowest BCUT2D eigenvalue weighted by atomic mass is 9.94. The van der Waals surface area contributed by atoms with Crippen LogP contribution in [0.4, 0.5) is 0 Å². The van der Waals surface area contributed by atoms with E-state index in [0.29, 0.717) is 19.6 Å². The van der Waals surface area contributed by atoms with Crippen molar-refractivity contribution in [1.29, 1.82) is 0 Å². The van der Waals surface area contributed by atoms with Crippen molar-refractivity contribution < 1.29 is 9.59 Å². The molecule has 26 heavy (non-hydrogen) atoms. The minimum Gasteiger partial charge on any atom is -0.351 e. The molecule has 0 unspecified atom stereocenters. The molecule has 0 aromatic heterocycles. The number of amides is 2. The number of rotatable bonds is 4. The van der Waals surface area contributed by atoms with Gasteiger partial charge in [-0.2, -0.15) is 0 Å². The topological polar surface area (TPSA) is 55.9 Å². The Morgan fingerprint density at radius 3 is 2.58 bits per heavy atom. The molecule has 2 atom stereocenters. The lowest BCUT2D eigenvalue weighted by molar-refractivity contribution is -0.131. The van der Waals surface area contributed by atoms with Crippen LogP contribution in [0, 0.1) is 0 Å². The van der Waals surface area contributed by atoms with Crippen LogP contribution in [-0.4, -0.2) is 85.4 Å². The van der Waals surface area contributed by atoms with E-state index in [0.717, 1.165) is 32.6 Å². The predicted molar refractivity (Wildman–Crippen MR) is 102 cm³/mol. The summed E-state index contributed by atoms with van der Waals surface area (Å²) in [5.74, 6) is 0.281. The zero-order valence-electron chi connectivity index (χ0n) is 15.9. The summed E-state index contributed by atoms with van der Waals surface area (Å²) in [6, 6.07) is 10.2. The second-order valence-electron chi connectivity index (χ2n) is 7.56. The van der Waals surface area contributed by atoms with Crippen molar-refractivity contribution >= 4 is 11.8 Å². The number of benzene rings is 1. The van der Waals surface area contributed by atoms with Gasteiger partial charge in [-0.25, -0.2) is 0 Å². The molecular formula is C20H30N4O2. The minimum atomic E-state index is -0.0409. The Morgan fingerprint density at radius 1 is 1.08 bits per heavy atom. The molecule has 2 amide bonds. The first-order chi connectivity index (χ1) is 12.5. The minimum absolute atomic E-state index is 0.0193. The van der Waals surface area contributed by atoms with Crippen LogP contribution in [0.25, 0.3) is 0 Å². The molecule has 0 radical (unpaired) electrons. The molecule has 0 aliphatic carbocycles. The molecule has 3 rings (SSSR count). The van der Waals surface area contributed by atoms with Crippen molar-refractivity contribution in [1.82, 2.24) is 20.0 Å². The van der Waals surface area contributed by atoms with Gasteiger partial charge in [0, 0.05) is 39.0 Å². The van der Waals surface area contributed by atoms with E-state index in [2.05, 4.69) is 34.3 Å². The highest BCUT2D eigenvalue weighted by molar-refractivity contribution is 5.79. The van der Waals surface area contributed by atoms with E-state index in [4.69, 9.17) is 0 Å². The summed E-state index contributed by atoms with van der Waals surface area (Å²) in [5, 5.41) is 3.04. The highest BCUT2D eigenvalue weighted by atomic mass is 16.2. The smallest absolute Gasteiger partial charge is 0.236 e. The van der Waals surface area contributed by atoms with Crippen molar-refractivity contribution in [3.05, 3.63) is 35.9 Å². The summed E-state index contributed by atoms with van der Waals surface area (Å²) in [6.45, 7) is 7.29. The number of nitrogens with one attached hydrogen (secondary N) is 1. The van der Waals surface area contributed by atoms with Gasteiger partial charge in [-0.15, -0.1) is 0 Å². The molecule has 2 aliphatic heterocycles. The molecule has 2 saturated heterocycles. The normalized spacial score (nSPS) is 25.1. The molecule has 2 fully saturated rings. The highest BCUT2D eigenvalue weighted by Gasteiger charge is 2.36. The van der Waals surface area contributed by atoms with Gasteiger partial charge in [0.25, 0.3) is 0 Å². The molecule has 2 aliphatic rings. The van der Waals surface area contributed by atoms with Gasteiger partial charge in [-0.3, -0.25) is 14.5 Å². The fourth-order valence-electron chi connectivity index (χ4n) is 4.00. The van der Waals surface area contributed by atoms with Gasteiger partial charge < -0.3 is 15.1 Å². The van der Waals surface area contributed by atoms with E-state index in [9.17, 15) is 9.59 Å². The number of hydrogen-bond acceptors (Lipinski definition) is 4. The van der Waals surface area contributed by atoms with Crippen LogP contribution in [-0.2, 0) is 9.59 Å². The summed E-state index contributed by atoms with van der Waals surface area (Å²) in [6.07, 6.45) is 1.10. The Bertz CT molecular complexity index is 621. The maximum atomic E-state index is 12.9. The molecule has 0 spiro atoms. The van der Waals surface area contributed by atoms with Crippen LogP contribution in [0.3, 0.4) is 0 Å². The van der Waals surface area contributed by atoms with E-state index >= 15 is 0 Å². The number of hydrogen-bond donors (Lipinski definition) is 1. The lowest BCUT2D eigenvalue weighted by Crippen LogP contribution is -2.42. The second-order valence-corrected chi connectivity index (χ2v) is 7.56. The summed E-state index contributed by atoms with van der Waals surface area (Å²) < 4.78 is 0. The molecule has 0 saturated carbocycles. The number of likely N-dealkylation sites (N-methyl/N-ethyl adjacent to an activating group) is 1. The average Bonchev–Trinajstić information content (AvgIpc) is 2.92. The molecule has 142 valence electrons. The summed E-state index contributed by atoms with van der Waals surface area (Å²) >= 11 is 0. The van der Waals surface area contributed by atoms with Crippen molar-refractivity contribution in [3.8, 4) is 0 Å². The molecule has 1 aromatic rings. The third-order valence-electron chi connectivity index (χ3n) is 5.46. The molecule has 1 N–H and O–H groups in total. The largest absolute Gasteiger partial charge is 0.351 e. The Balaban J connectivity index is 1.64. The predicted octanol–water partition coefficient (Wildman–Crippen LogP) is 0.755. The van der Waals surface area contributed by atoms with E-state index < -0.39 is 0 Å². The van der Waals surface area contributed by atoms with Crippen molar-refractivity contribution in [2.45, 2.75) is 25.3 Å². The molecule has 0 bridgehead atoms. The van der Waals surface area contributed by atoms with Crippen LogP contribution < -0.4 is 5.32 Å². The molecule has 2 heterocycles. The van der Waals surface area contributed by atoms with Gasteiger partial charge in [0.15, 0.2) is 0 Å². The van der Waals surface area contributed by atoms with Gasteiger partial charge in [0.2, 0.25) is 11.8 Å². The van der Waals surface area contributed by atoms with Crippen LogP contribution in [0.5, 0.6) is 0 Å². The number of carbonyl (C=O) groups is 2. The summed E-state index contributed by atoms with van der Waals surface area (Å²) in [7, 11) is 2.13. The van der Waals surface area contributed by atoms with Crippen molar-refractivity contribution in [3.63, 3.8) is 0 Å². The second kappa shape index (κ2) is 8.64. The Labute approximate surface area is 156 Å². The monoisotopic (exact) mass is 358 g/mol. The molecule has 1 aromatic carbocycles. The van der Waals surface area contributed by atoms with Crippen molar-refractivity contribution in [2.75, 3.05) is 52.9 Å². The van der Waals surface area contributed by atoms with Crippen LogP contribution >= 0.6 is 0 Å². The van der Waals surface area contributed by atoms with E-state index in [1.165, 1.54) is 5.56 Å². The van der Waals surface area contributed by atoms with Gasteiger partial charge in [0.1, 0.15) is 0 Å². The first-order valence-corrected chi connectivity index (χ1v) is 9.53. The zero-order chi connectivity index (χ0) is 18.5. The van der Waals surface area contributed by atoms with Gasteiger partial charge in [-0.05, 0) is 32.1 Å². The summed E-state index contributed by atoms with van der Waals surface area (Å²) in [5.41, 5.74) is 1.18. The van der Waals surface area contributed by atoms with Crippen LogP contribution in [0.15, 0.2) is 30.3 Å². The molecule has 6 nitrogen and oxygen atoms in total. The third-order valence-corrected chi connectivity index (χ3v) is 5.46. The van der Waals surface area contributed by atoms with E-state index in [1.54, 1.807) is 6.92 Å². The van der Waals surface area contributed by atoms with E-state index in [-0.39, 0.29) is 23.8 Å². The van der Waals surface area contributed by atoms with Gasteiger partial charge in [-0.1, -0.05) is 30.3 Å². The van der Waals surface area contributed by atoms with Crippen molar-refractivity contribution in [2.24, 2.45) is 0 Å². The average molecular weight is 358 g/mol. The Morgan fingerprint density at radius 2 is 1.85 bits per heavy atom. The summed E-state index contributed by atoms with van der Waals surface area (Å²) in [4.78, 5) is 31.0. The van der Waals surface area contributed by atoms with Gasteiger partial charge >= 0.3 is 0 Å². The van der Waals surface area contributed by atoms with Crippen LogP contribution in [0.2, 0.25) is 0 Å². The fraction of sp³-hybridized carbons (Fsp3) is 0.600. The first-order valence-electron chi connectivity index (χ1n) is 9.53. The maximum Gasteiger partial charge on any atom is 0.236 e. The number of carbonyl (C=O) groups excluding carboxylic acids is 2. The molecule has 6 heteroatoms. The standard InChI is InChI=1S/C20H30N4O2/c1-16(25)21-19-14-24(13-18(19)17-7-4-3-5-8-17)20(26)15-23-10-6-9-22(2)11-12-23/h3-5,7-8,18-19H,6,9-15H2,1-2H3,(H,21,25)/t18-,19+/m1/s1. The fourth-order valence-corrected chi connectivity index (χ4v) is 4.00. The van der Waals surface area contributed by atoms with E-state index in [1.807, 2.05) is 23.1 Å². The van der Waals surface area contributed by atoms with Gasteiger partial charge in [0.05, 0.1) is 12.6 Å². The number of likely N-dealkylation sites (tertiary alicyclic amines) is 1.